The number of H-pyrrole nitrogens is 1. The highest BCUT2D eigenvalue weighted by molar-refractivity contribution is 6.35. The Bertz CT molecular complexity index is 1070. The van der Waals surface area contributed by atoms with Gasteiger partial charge in [-0.15, -0.1) is 0 Å². The Balaban J connectivity index is 1.81. The molecule has 1 aromatic carbocycles. The van der Waals surface area contributed by atoms with Crippen LogP contribution in [-0.4, -0.2) is 61.1 Å². The Morgan fingerprint density at radius 2 is 1.94 bits per heavy atom. The maximum atomic E-state index is 12.7. The Hall–Kier alpha value is -3.39. The third-order valence-electron chi connectivity index (χ3n) is 5.33. The fourth-order valence-corrected chi connectivity index (χ4v) is 3.62. The number of anilines is 1. The van der Waals surface area contributed by atoms with Crippen LogP contribution < -0.4 is 5.32 Å². The monoisotopic (exact) mass is 453 g/mol. The molecule has 1 aromatic heterocycles. The van der Waals surface area contributed by atoms with E-state index in [-0.39, 0.29) is 24.8 Å². The number of esters is 1. The molecule has 3 rings (SSSR count). The molecule has 0 saturated carbocycles. The van der Waals surface area contributed by atoms with Crippen molar-refractivity contribution in [3.05, 3.63) is 52.3 Å². The molecular formula is C25H31N3O5. The fraction of sp³-hybridized carbons (Fsp3) is 0.400. The number of fused-ring (bicyclic) bond motifs is 1. The molecule has 176 valence electrons. The van der Waals surface area contributed by atoms with Gasteiger partial charge in [-0.3, -0.25) is 9.59 Å². The van der Waals surface area contributed by atoms with Crippen LogP contribution in [0, 0.1) is 6.92 Å². The number of aromatic amines is 1. The average molecular weight is 454 g/mol. The van der Waals surface area contributed by atoms with E-state index in [0.717, 1.165) is 17.7 Å². The van der Waals surface area contributed by atoms with Gasteiger partial charge in [-0.25, -0.2) is 4.79 Å². The van der Waals surface area contributed by atoms with Gasteiger partial charge in [0.2, 0.25) is 5.91 Å². The van der Waals surface area contributed by atoms with E-state index in [4.69, 9.17) is 9.47 Å². The zero-order chi connectivity index (χ0) is 24.0. The highest BCUT2D eigenvalue weighted by Crippen LogP contribution is 2.34. The summed E-state index contributed by atoms with van der Waals surface area (Å²) in [4.78, 5) is 42.4. The minimum Gasteiger partial charge on any atom is -0.462 e. The van der Waals surface area contributed by atoms with Crippen molar-refractivity contribution in [2.24, 2.45) is 0 Å². The number of hydrogen-bond acceptors (Lipinski definition) is 5. The first kappa shape index (κ1) is 24.3. The summed E-state index contributed by atoms with van der Waals surface area (Å²) < 4.78 is 10.6. The molecule has 1 aliphatic heterocycles. The number of nitrogens with one attached hydrogen (secondary N) is 2. The smallest absolute Gasteiger partial charge is 0.340 e. The van der Waals surface area contributed by atoms with Gasteiger partial charge in [-0.05, 0) is 50.1 Å². The third-order valence-corrected chi connectivity index (χ3v) is 5.33. The van der Waals surface area contributed by atoms with Gasteiger partial charge in [0, 0.05) is 37.1 Å². The average Bonchev–Trinajstić information content (AvgIpc) is 3.30. The lowest BCUT2D eigenvalue weighted by Gasteiger charge is -2.17. The van der Waals surface area contributed by atoms with E-state index in [2.05, 4.69) is 10.3 Å². The molecule has 0 radical (unpaired) electrons. The zero-order valence-electron chi connectivity index (χ0n) is 19.6. The summed E-state index contributed by atoms with van der Waals surface area (Å²) in [7, 11) is 1.76. The molecule has 1 aliphatic rings. The Morgan fingerprint density at radius 1 is 1.15 bits per heavy atom. The van der Waals surface area contributed by atoms with E-state index in [9.17, 15) is 14.4 Å². The van der Waals surface area contributed by atoms with Gasteiger partial charge in [-0.2, -0.15) is 0 Å². The molecule has 2 heterocycles. The van der Waals surface area contributed by atoms with Crippen LogP contribution in [0.5, 0.6) is 0 Å². The zero-order valence-corrected chi connectivity index (χ0v) is 19.6. The maximum Gasteiger partial charge on any atom is 0.340 e. The van der Waals surface area contributed by atoms with Crippen LogP contribution >= 0.6 is 0 Å². The summed E-state index contributed by atoms with van der Waals surface area (Å²) in [6.07, 6.45) is 2.82. The molecule has 0 atom stereocenters. The van der Waals surface area contributed by atoms with E-state index in [1.807, 2.05) is 26.0 Å². The lowest BCUT2D eigenvalue weighted by Crippen LogP contribution is -2.31. The van der Waals surface area contributed by atoms with Crippen LogP contribution in [-0.2, 0) is 25.5 Å². The number of aromatic nitrogens is 1. The maximum absolute atomic E-state index is 12.7. The first-order valence-corrected chi connectivity index (χ1v) is 11.2. The van der Waals surface area contributed by atoms with Gasteiger partial charge < -0.3 is 24.7 Å². The number of nitrogens with zero attached hydrogens (tertiary/aromatic N) is 1. The second-order valence-corrected chi connectivity index (χ2v) is 8.00. The van der Waals surface area contributed by atoms with Crippen LogP contribution in [0.4, 0.5) is 5.69 Å². The summed E-state index contributed by atoms with van der Waals surface area (Å²) in [5.41, 5.74) is 4.27. The van der Waals surface area contributed by atoms with Crippen LogP contribution in [0.15, 0.2) is 24.3 Å². The topological polar surface area (TPSA) is 101 Å². The lowest BCUT2D eigenvalue weighted by atomic mass is 10.0. The van der Waals surface area contributed by atoms with E-state index < -0.39 is 5.97 Å². The molecular weight excluding hydrogens is 422 g/mol. The second kappa shape index (κ2) is 11.0. The number of rotatable bonds is 10. The van der Waals surface area contributed by atoms with E-state index >= 15 is 0 Å². The molecule has 0 saturated heterocycles. The number of aryl methyl sites for hydroxylation is 1. The van der Waals surface area contributed by atoms with Gasteiger partial charge >= 0.3 is 5.97 Å². The van der Waals surface area contributed by atoms with Gasteiger partial charge in [0.05, 0.1) is 36.5 Å². The predicted octanol–water partition coefficient (Wildman–Crippen LogP) is 3.42. The first-order valence-electron chi connectivity index (χ1n) is 11.2. The number of hydrogen-bond donors (Lipinski definition) is 2. The molecule has 8 nitrogen and oxygen atoms in total. The van der Waals surface area contributed by atoms with E-state index in [0.29, 0.717) is 47.8 Å². The van der Waals surface area contributed by atoms with Crippen LogP contribution in [0.1, 0.15) is 53.1 Å². The molecule has 0 aliphatic carbocycles. The minimum absolute atomic E-state index is 0.0255. The molecule has 0 fully saturated rings. The van der Waals surface area contributed by atoms with Crippen LogP contribution in [0.2, 0.25) is 0 Å². The van der Waals surface area contributed by atoms with Gasteiger partial charge in [0.15, 0.2) is 0 Å². The van der Waals surface area contributed by atoms with Crippen molar-refractivity contribution in [2.75, 3.05) is 38.7 Å². The van der Waals surface area contributed by atoms with Crippen LogP contribution in [0.25, 0.3) is 11.6 Å². The normalized spacial score (nSPS) is 13.7. The molecule has 2 N–H and O–H groups in total. The Morgan fingerprint density at radius 3 is 2.67 bits per heavy atom. The van der Waals surface area contributed by atoms with E-state index in [1.54, 1.807) is 37.1 Å². The van der Waals surface area contributed by atoms with Crippen molar-refractivity contribution < 1.29 is 23.9 Å². The molecule has 0 bridgehead atoms. The molecule has 2 aromatic rings. The molecule has 33 heavy (non-hydrogen) atoms. The number of ether oxygens (including phenoxy) is 2. The van der Waals surface area contributed by atoms with Gasteiger partial charge in [0.1, 0.15) is 0 Å². The Kier molecular flexibility index (Phi) is 8.06. The van der Waals surface area contributed by atoms with Crippen molar-refractivity contribution in [3.63, 3.8) is 0 Å². The van der Waals surface area contributed by atoms with Gasteiger partial charge in [0.25, 0.3) is 5.91 Å². The third kappa shape index (κ3) is 5.90. The van der Waals surface area contributed by atoms with Crippen molar-refractivity contribution in [2.45, 2.75) is 33.6 Å². The van der Waals surface area contributed by atoms with Crippen molar-refractivity contribution in [3.8, 4) is 0 Å². The number of likely N-dealkylation sites (N-methyl/N-ethyl adjacent to an activating group) is 1. The van der Waals surface area contributed by atoms with Crippen molar-refractivity contribution in [1.29, 1.82) is 0 Å². The Labute approximate surface area is 193 Å². The largest absolute Gasteiger partial charge is 0.462 e. The summed E-state index contributed by atoms with van der Waals surface area (Å²) in [5, 5.41) is 2.84. The van der Waals surface area contributed by atoms with Gasteiger partial charge in [-0.1, -0.05) is 13.0 Å². The summed E-state index contributed by atoms with van der Waals surface area (Å²) in [6.45, 7) is 7.59. The summed E-state index contributed by atoms with van der Waals surface area (Å²) >= 11 is 0. The molecule has 2 amide bonds. The second-order valence-electron chi connectivity index (χ2n) is 8.00. The lowest BCUT2D eigenvalue weighted by molar-refractivity contribution is -0.129. The number of carbonyl (C=O) groups excluding carboxylic acids is 3. The van der Waals surface area contributed by atoms with Crippen molar-refractivity contribution >= 4 is 35.1 Å². The quantitative estimate of drug-likeness (QED) is 0.326. The highest BCUT2D eigenvalue weighted by Gasteiger charge is 2.26. The minimum atomic E-state index is -0.447. The SMILES string of the molecule is CCCOCCN(C)C(=O)Cc1ccc2c(c1)/C(=C/c1[nH]c(C)cc1C(=O)OCC)C(=O)N2. The fourth-order valence-electron chi connectivity index (χ4n) is 3.62. The molecule has 0 unspecified atom stereocenters. The predicted molar refractivity (Wildman–Crippen MR) is 127 cm³/mol. The summed E-state index contributed by atoms with van der Waals surface area (Å²) in [6, 6.07) is 7.18. The molecule has 0 spiro atoms. The molecule has 8 heteroatoms. The standard InChI is InChI=1S/C25H31N3O5/c1-5-10-32-11-9-28(4)23(29)14-17-7-8-21-18(13-17)19(24(30)27-21)15-22-20(12-16(3)26-22)25(31)33-6-2/h7-8,12-13,15,26H,5-6,9-11,14H2,1-4H3,(H,27,30)/b19-15-. The highest BCUT2D eigenvalue weighted by atomic mass is 16.5. The number of benzene rings is 1. The summed E-state index contributed by atoms with van der Waals surface area (Å²) in [5.74, 6) is -0.735. The van der Waals surface area contributed by atoms with Crippen LogP contribution in [0.3, 0.4) is 0 Å². The van der Waals surface area contributed by atoms with E-state index in [1.165, 1.54) is 0 Å². The first-order chi connectivity index (χ1) is 15.8. The number of amides is 2. The number of carbonyl (C=O) groups is 3. The van der Waals surface area contributed by atoms with Crippen molar-refractivity contribution in [1.82, 2.24) is 9.88 Å².